The van der Waals surface area contributed by atoms with Crippen molar-refractivity contribution in [3.63, 3.8) is 0 Å². The van der Waals surface area contributed by atoms with E-state index in [0.717, 1.165) is 4.31 Å². The van der Waals surface area contributed by atoms with Gasteiger partial charge in [-0.25, -0.2) is 8.42 Å². The number of aromatic nitrogens is 1. The van der Waals surface area contributed by atoms with Crippen molar-refractivity contribution in [2.75, 3.05) is 17.1 Å². The van der Waals surface area contributed by atoms with Gasteiger partial charge in [-0.2, -0.15) is 0 Å². The van der Waals surface area contributed by atoms with Gasteiger partial charge in [-0.15, -0.1) is 0 Å². The molecule has 5 nitrogen and oxygen atoms in total. The van der Waals surface area contributed by atoms with Gasteiger partial charge >= 0.3 is 0 Å². The molecule has 0 spiro atoms. The van der Waals surface area contributed by atoms with Gasteiger partial charge in [0, 0.05) is 13.2 Å². The van der Waals surface area contributed by atoms with Crippen molar-refractivity contribution in [2.45, 2.75) is 4.90 Å². The number of hydrogen-bond acceptors (Lipinski definition) is 4. The minimum atomic E-state index is -3.65. The summed E-state index contributed by atoms with van der Waals surface area (Å²) in [6.07, 6.45) is 3.07. The number of rotatable bonds is 3. The van der Waals surface area contributed by atoms with E-state index < -0.39 is 10.0 Å². The number of para-hydroxylation sites is 1. The average Bonchev–Trinajstić information content (AvgIpc) is 2.39. The van der Waals surface area contributed by atoms with E-state index in [-0.39, 0.29) is 10.6 Å². The molecule has 0 amide bonds. The largest absolute Gasteiger partial charge is 0.398 e. The van der Waals surface area contributed by atoms with Crippen LogP contribution >= 0.6 is 0 Å². The molecule has 0 radical (unpaired) electrons. The maximum absolute atomic E-state index is 12.4. The molecule has 2 N–H and O–H groups in total. The molecule has 6 heteroatoms. The summed E-state index contributed by atoms with van der Waals surface area (Å²) in [4.78, 5) is 3.99. The Balaban J connectivity index is 2.48. The van der Waals surface area contributed by atoms with Crippen LogP contribution in [0.15, 0.2) is 53.7 Å². The molecule has 2 aromatic rings. The molecule has 0 bridgehead atoms. The van der Waals surface area contributed by atoms with Crippen molar-refractivity contribution in [3.05, 3.63) is 48.8 Å². The second kappa shape index (κ2) is 4.66. The molecule has 0 saturated carbocycles. The maximum atomic E-state index is 12.4. The van der Waals surface area contributed by atoms with Crippen molar-refractivity contribution in [2.24, 2.45) is 0 Å². The highest BCUT2D eigenvalue weighted by atomic mass is 32.2. The van der Waals surface area contributed by atoms with E-state index in [2.05, 4.69) is 4.98 Å². The number of pyridine rings is 1. The first-order valence-electron chi connectivity index (χ1n) is 5.27. The summed E-state index contributed by atoms with van der Waals surface area (Å²) >= 11 is 0. The highest BCUT2D eigenvalue weighted by Crippen LogP contribution is 2.24. The van der Waals surface area contributed by atoms with E-state index in [1.54, 1.807) is 36.5 Å². The Morgan fingerprint density at radius 1 is 1.17 bits per heavy atom. The topological polar surface area (TPSA) is 76.3 Å². The minimum Gasteiger partial charge on any atom is -0.398 e. The predicted octanol–water partition coefficient (Wildman–Crippen LogP) is 1.49. The van der Waals surface area contributed by atoms with Gasteiger partial charge in [0.15, 0.2) is 0 Å². The van der Waals surface area contributed by atoms with Crippen LogP contribution in [0.5, 0.6) is 0 Å². The van der Waals surface area contributed by atoms with E-state index in [4.69, 9.17) is 5.73 Å². The number of sulfonamides is 1. The first-order chi connectivity index (χ1) is 8.53. The molecule has 94 valence electrons. The van der Waals surface area contributed by atoms with E-state index >= 15 is 0 Å². The maximum Gasteiger partial charge on any atom is 0.266 e. The van der Waals surface area contributed by atoms with E-state index in [1.807, 2.05) is 0 Å². The zero-order valence-electron chi connectivity index (χ0n) is 9.82. The van der Waals surface area contributed by atoms with Crippen LogP contribution in [0.3, 0.4) is 0 Å². The van der Waals surface area contributed by atoms with E-state index in [0.29, 0.717) is 5.69 Å². The number of nitrogens with zero attached hydrogens (tertiary/aromatic N) is 2. The summed E-state index contributed by atoms with van der Waals surface area (Å²) in [7, 11) is -2.18. The molecule has 0 aliphatic rings. The monoisotopic (exact) mass is 263 g/mol. The normalized spacial score (nSPS) is 11.2. The zero-order valence-corrected chi connectivity index (χ0v) is 10.6. The standard InChI is InChI=1S/C12H13N3O2S/c1-15(10-5-4-8-14-9-10)18(16,17)12-7-3-2-6-11(12)13/h2-9H,13H2,1H3. The lowest BCUT2D eigenvalue weighted by Crippen LogP contribution is -2.27. The quantitative estimate of drug-likeness (QED) is 0.851. The molecule has 1 aromatic carbocycles. The Labute approximate surface area is 106 Å². The molecule has 1 aromatic heterocycles. The van der Waals surface area contributed by atoms with Gasteiger partial charge < -0.3 is 5.73 Å². The van der Waals surface area contributed by atoms with Crippen LogP contribution < -0.4 is 10.0 Å². The molecule has 0 atom stereocenters. The Hall–Kier alpha value is -2.08. The minimum absolute atomic E-state index is 0.0938. The van der Waals surface area contributed by atoms with Crippen LogP contribution in [0.2, 0.25) is 0 Å². The number of nitrogens with two attached hydrogens (primary N) is 1. The summed E-state index contributed by atoms with van der Waals surface area (Å²) in [5.41, 5.74) is 6.42. The first kappa shape index (κ1) is 12.4. The molecule has 2 rings (SSSR count). The Bertz CT molecular complexity index is 641. The molecule has 0 unspecified atom stereocenters. The van der Waals surface area contributed by atoms with Gasteiger partial charge in [0.2, 0.25) is 0 Å². The van der Waals surface area contributed by atoms with Crippen molar-refractivity contribution in [1.29, 1.82) is 0 Å². The molecule has 0 saturated heterocycles. The van der Waals surface area contributed by atoms with Gasteiger partial charge in [-0.1, -0.05) is 12.1 Å². The first-order valence-corrected chi connectivity index (χ1v) is 6.71. The second-order valence-electron chi connectivity index (χ2n) is 3.72. The number of hydrogen-bond donors (Lipinski definition) is 1. The Morgan fingerprint density at radius 3 is 2.50 bits per heavy atom. The number of nitrogen functional groups attached to an aromatic ring is 1. The Kier molecular flexibility index (Phi) is 3.20. The molecule has 1 heterocycles. The summed E-state index contributed by atoms with van der Waals surface area (Å²) < 4.78 is 25.9. The fourth-order valence-electron chi connectivity index (χ4n) is 1.54. The van der Waals surface area contributed by atoms with Crippen LogP contribution in [-0.4, -0.2) is 20.4 Å². The third-order valence-corrected chi connectivity index (χ3v) is 4.43. The smallest absolute Gasteiger partial charge is 0.266 e. The van der Waals surface area contributed by atoms with Gasteiger partial charge in [0.25, 0.3) is 10.0 Å². The summed E-state index contributed by atoms with van der Waals surface area (Å²) in [6, 6.07) is 9.72. The molecule has 0 aliphatic heterocycles. The lowest BCUT2D eigenvalue weighted by atomic mass is 10.3. The van der Waals surface area contributed by atoms with Crippen LogP contribution in [0.25, 0.3) is 0 Å². The lowest BCUT2D eigenvalue weighted by Gasteiger charge is -2.19. The third-order valence-electron chi connectivity index (χ3n) is 2.57. The van der Waals surface area contributed by atoms with Gasteiger partial charge in [0.1, 0.15) is 4.90 Å². The zero-order chi connectivity index (χ0) is 13.2. The van der Waals surface area contributed by atoms with Crippen molar-refractivity contribution in [1.82, 2.24) is 4.98 Å². The highest BCUT2D eigenvalue weighted by molar-refractivity contribution is 7.93. The van der Waals surface area contributed by atoms with Gasteiger partial charge in [-0.05, 0) is 24.3 Å². The Morgan fingerprint density at radius 2 is 1.89 bits per heavy atom. The van der Waals surface area contributed by atoms with Crippen LogP contribution in [0.1, 0.15) is 0 Å². The summed E-state index contributed by atoms with van der Waals surface area (Å²) in [5.74, 6) is 0. The fourth-order valence-corrected chi connectivity index (χ4v) is 2.84. The van der Waals surface area contributed by atoms with Gasteiger partial charge in [0.05, 0.1) is 17.6 Å². The predicted molar refractivity (Wildman–Crippen MR) is 70.7 cm³/mol. The molecular formula is C12H13N3O2S. The van der Waals surface area contributed by atoms with Crippen molar-refractivity contribution >= 4 is 21.4 Å². The molecule has 18 heavy (non-hydrogen) atoms. The van der Waals surface area contributed by atoms with E-state index in [9.17, 15) is 8.42 Å². The number of anilines is 2. The van der Waals surface area contributed by atoms with E-state index in [1.165, 1.54) is 19.3 Å². The summed E-state index contributed by atoms with van der Waals surface area (Å²) in [6.45, 7) is 0. The summed E-state index contributed by atoms with van der Waals surface area (Å²) in [5, 5.41) is 0. The SMILES string of the molecule is CN(c1cccnc1)S(=O)(=O)c1ccccc1N. The average molecular weight is 263 g/mol. The van der Waals surface area contributed by atoms with Gasteiger partial charge in [-0.3, -0.25) is 9.29 Å². The van der Waals surface area contributed by atoms with Crippen LogP contribution in [0, 0.1) is 0 Å². The molecule has 0 fully saturated rings. The van der Waals surface area contributed by atoms with Crippen molar-refractivity contribution in [3.8, 4) is 0 Å². The molecular weight excluding hydrogens is 250 g/mol. The second-order valence-corrected chi connectivity index (χ2v) is 5.66. The van der Waals surface area contributed by atoms with Crippen molar-refractivity contribution < 1.29 is 8.42 Å². The van der Waals surface area contributed by atoms with Crippen LogP contribution in [0.4, 0.5) is 11.4 Å². The third kappa shape index (κ3) is 2.14. The lowest BCUT2D eigenvalue weighted by molar-refractivity contribution is 0.594. The fraction of sp³-hybridized carbons (Fsp3) is 0.0833. The van der Waals surface area contributed by atoms with Crippen LogP contribution in [-0.2, 0) is 10.0 Å². The number of benzene rings is 1. The molecule has 0 aliphatic carbocycles. The highest BCUT2D eigenvalue weighted by Gasteiger charge is 2.23.